The van der Waals surface area contributed by atoms with E-state index in [4.69, 9.17) is 13.9 Å². The van der Waals surface area contributed by atoms with Gasteiger partial charge in [0.05, 0.1) is 18.2 Å². The van der Waals surface area contributed by atoms with Crippen LogP contribution in [-0.2, 0) is 9.47 Å². The summed E-state index contributed by atoms with van der Waals surface area (Å²) in [5, 5.41) is 7.19. The lowest BCUT2D eigenvalue weighted by atomic mass is 9.90. The van der Waals surface area contributed by atoms with E-state index in [0.717, 1.165) is 48.2 Å². The van der Waals surface area contributed by atoms with E-state index >= 15 is 0 Å². The largest absolute Gasteiger partial charge is 0.459 e. The Kier molecular flexibility index (Phi) is 4.63. The zero-order valence-electron chi connectivity index (χ0n) is 15.3. The van der Waals surface area contributed by atoms with E-state index in [1.54, 1.807) is 0 Å². The van der Waals surface area contributed by atoms with Crippen molar-refractivity contribution < 1.29 is 18.7 Å². The van der Waals surface area contributed by atoms with Crippen LogP contribution in [-0.4, -0.2) is 37.5 Å². The van der Waals surface area contributed by atoms with Gasteiger partial charge in [-0.15, -0.1) is 0 Å². The number of para-hydroxylation sites is 1. The highest BCUT2D eigenvalue weighted by Gasteiger charge is 2.41. The molecule has 2 aliphatic heterocycles. The molecule has 140 valence electrons. The molecule has 2 aliphatic rings. The average Bonchev–Trinajstić information content (AvgIpc) is 3.20. The average molecular weight is 358 g/mol. The van der Waals surface area contributed by atoms with Crippen LogP contribution in [0.25, 0.3) is 11.0 Å². The van der Waals surface area contributed by atoms with Gasteiger partial charge in [0.25, 0.3) is 0 Å². The molecule has 2 fully saturated rings. The Morgan fingerprint density at radius 1 is 1.31 bits per heavy atom. The number of ether oxygens (including phenoxy) is 2. The quantitative estimate of drug-likeness (QED) is 0.882. The highest BCUT2D eigenvalue weighted by atomic mass is 16.6. The number of rotatable bonds is 3. The number of nitrogens with one attached hydrogen (secondary N) is 2. The van der Waals surface area contributed by atoms with Crippen LogP contribution < -0.4 is 10.6 Å². The second-order valence-electron chi connectivity index (χ2n) is 7.45. The van der Waals surface area contributed by atoms with Gasteiger partial charge in [-0.3, -0.25) is 0 Å². The number of furan rings is 1. The lowest BCUT2D eigenvalue weighted by Gasteiger charge is -2.37. The van der Waals surface area contributed by atoms with Crippen LogP contribution in [0, 0.1) is 6.92 Å². The van der Waals surface area contributed by atoms with Crippen molar-refractivity contribution in [3.8, 4) is 0 Å². The molecule has 0 bridgehead atoms. The predicted octanol–water partition coefficient (Wildman–Crippen LogP) is 3.44. The molecular weight excluding hydrogens is 332 g/mol. The Labute approximate surface area is 153 Å². The summed E-state index contributed by atoms with van der Waals surface area (Å²) in [6.45, 7) is 6.00. The topological polar surface area (TPSA) is 72.7 Å². The Morgan fingerprint density at radius 3 is 2.92 bits per heavy atom. The Balaban J connectivity index is 1.38. The summed E-state index contributed by atoms with van der Waals surface area (Å²) in [7, 11) is 0. The van der Waals surface area contributed by atoms with Gasteiger partial charge in [-0.05, 0) is 32.8 Å². The summed E-state index contributed by atoms with van der Waals surface area (Å²) in [4.78, 5) is 12.5. The number of urea groups is 1. The molecule has 4 rings (SSSR count). The highest BCUT2D eigenvalue weighted by molar-refractivity contribution is 5.82. The van der Waals surface area contributed by atoms with Crippen molar-refractivity contribution in [3.63, 3.8) is 0 Å². The molecule has 0 radical (unpaired) electrons. The van der Waals surface area contributed by atoms with E-state index in [-0.39, 0.29) is 23.7 Å². The van der Waals surface area contributed by atoms with Crippen molar-refractivity contribution in [2.75, 3.05) is 19.8 Å². The number of hydrogen-bond acceptors (Lipinski definition) is 4. The normalized spacial score (nSPS) is 26.9. The molecule has 3 heterocycles. The minimum Gasteiger partial charge on any atom is -0.459 e. The summed E-state index contributed by atoms with van der Waals surface area (Å²) < 4.78 is 17.4. The van der Waals surface area contributed by atoms with Crippen molar-refractivity contribution in [2.24, 2.45) is 0 Å². The zero-order valence-corrected chi connectivity index (χ0v) is 15.3. The Morgan fingerprint density at radius 2 is 2.15 bits per heavy atom. The van der Waals surface area contributed by atoms with Gasteiger partial charge in [-0.2, -0.15) is 0 Å². The van der Waals surface area contributed by atoms with Crippen molar-refractivity contribution in [1.29, 1.82) is 0 Å². The minimum absolute atomic E-state index is 0.106. The molecule has 26 heavy (non-hydrogen) atoms. The fourth-order valence-corrected chi connectivity index (χ4v) is 4.11. The molecule has 6 nitrogen and oxygen atoms in total. The van der Waals surface area contributed by atoms with E-state index < -0.39 is 0 Å². The molecule has 2 saturated heterocycles. The van der Waals surface area contributed by atoms with E-state index in [0.29, 0.717) is 13.2 Å². The van der Waals surface area contributed by atoms with Gasteiger partial charge < -0.3 is 24.5 Å². The lowest BCUT2D eigenvalue weighted by Crippen LogP contribution is -2.51. The number of carbonyl (C=O) groups is 1. The number of aryl methyl sites for hydroxylation is 1. The summed E-state index contributed by atoms with van der Waals surface area (Å²) >= 11 is 0. The molecule has 3 atom stereocenters. The van der Waals surface area contributed by atoms with E-state index in [9.17, 15) is 4.79 Å². The van der Waals surface area contributed by atoms with Crippen molar-refractivity contribution >= 4 is 17.0 Å². The third-order valence-corrected chi connectivity index (χ3v) is 5.52. The predicted molar refractivity (Wildman–Crippen MR) is 98.2 cm³/mol. The van der Waals surface area contributed by atoms with Gasteiger partial charge in [0.1, 0.15) is 11.3 Å². The zero-order chi connectivity index (χ0) is 18.1. The summed E-state index contributed by atoms with van der Waals surface area (Å²) in [5.74, 6) is 0.800. The number of hydrogen-bond donors (Lipinski definition) is 2. The number of benzene rings is 1. The third kappa shape index (κ3) is 3.31. The van der Waals surface area contributed by atoms with Gasteiger partial charge in [0.15, 0.2) is 0 Å². The van der Waals surface area contributed by atoms with Crippen molar-refractivity contribution in [1.82, 2.24) is 10.6 Å². The van der Waals surface area contributed by atoms with Crippen LogP contribution in [0.3, 0.4) is 0 Å². The van der Waals surface area contributed by atoms with Gasteiger partial charge in [0, 0.05) is 36.6 Å². The van der Waals surface area contributed by atoms with Crippen molar-refractivity contribution in [3.05, 3.63) is 35.6 Å². The van der Waals surface area contributed by atoms with Gasteiger partial charge in [0.2, 0.25) is 0 Å². The molecule has 1 aromatic heterocycles. The van der Waals surface area contributed by atoms with Gasteiger partial charge in [-0.1, -0.05) is 18.2 Å². The maximum Gasteiger partial charge on any atom is 0.315 e. The van der Waals surface area contributed by atoms with Crippen LogP contribution in [0.4, 0.5) is 4.79 Å². The maximum absolute atomic E-state index is 12.5. The van der Waals surface area contributed by atoms with E-state index in [1.807, 2.05) is 38.1 Å². The first kappa shape index (κ1) is 17.4. The first-order valence-corrected chi connectivity index (χ1v) is 9.33. The molecular formula is C20H26N2O4. The summed E-state index contributed by atoms with van der Waals surface area (Å²) in [6, 6.07) is 7.67. The van der Waals surface area contributed by atoms with Crippen LogP contribution in [0.2, 0.25) is 0 Å². The molecule has 0 aliphatic carbocycles. The standard InChI is InChI=1S/C20H26N2O4/c1-13-16-5-3-4-6-17(16)26-18(13)14(2)21-19(23)22-15-7-9-25-20(11-15)8-10-24-12-20/h3-6,14-15H,7-12H2,1-2H3,(H2,21,22,23)/t14-,15?,20?/m1/s1. The second kappa shape index (κ2) is 6.93. The van der Waals surface area contributed by atoms with Crippen LogP contribution in [0.15, 0.2) is 28.7 Å². The molecule has 0 saturated carbocycles. The fourth-order valence-electron chi connectivity index (χ4n) is 4.11. The Bertz CT molecular complexity index is 794. The van der Waals surface area contributed by atoms with Crippen LogP contribution >= 0.6 is 0 Å². The second-order valence-corrected chi connectivity index (χ2v) is 7.45. The minimum atomic E-state index is -0.211. The fraction of sp³-hybridized carbons (Fsp3) is 0.550. The molecule has 1 spiro atoms. The maximum atomic E-state index is 12.5. The summed E-state index contributed by atoms with van der Waals surface area (Å²) in [5.41, 5.74) is 1.71. The molecule has 2 unspecified atom stereocenters. The number of amides is 2. The monoisotopic (exact) mass is 358 g/mol. The van der Waals surface area contributed by atoms with E-state index in [1.165, 1.54) is 0 Å². The highest BCUT2D eigenvalue weighted by Crippen LogP contribution is 2.33. The van der Waals surface area contributed by atoms with E-state index in [2.05, 4.69) is 10.6 Å². The lowest BCUT2D eigenvalue weighted by molar-refractivity contribution is -0.0878. The molecule has 1 aromatic carbocycles. The van der Waals surface area contributed by atoms with Gasteiger partial charge in [-0.25, -0.2) is 4.79 Å². The number of fused-ring (bicyclic) bond motifs is 1. The first-order valence-electron chi connectivity index (χ1n) is 9.33. The van der Waals surface area contributed by atoms with Crippen LogP contribution in [0.5, 0.6) is 0 Å². The Hall–Kier alpha value is -2.05. The smallest absolute Gasteiger partial charge is 0.315 e. The molecule has 2 N–H and O–H groups in total. The SMILES string of the molecule is Cc1c([C@@H](C)NC(=O)NC2CCOC3(CCOC3)C2)oc2ccccc12. The van der Waals surface area contributed by atoms with Gasteiger partial charge >= 0.3 is 6.03 Å². The summed E-state index contributed by atoms with van der Waals surface area (Å²) in [6.07, 6.45) is 2.53. The molecule has 2 aromatic rings. The number of carbonyl (C=O) groups excluding carboxylic acids is 1. The third-order valence-electron chi connectivity index (χ3n) is 5.52. The molecule has 2 amide bonds. The van der Waals surface area contributed by atoms with Crippen LogP contribution in [0.1, 0.15) is 43.6 Å². The molecule has 6 heteroatoms. The first-order chi connectivity index (χ1) is 12.6. The van der Waals surface area contributed by atoms with Crippen molar-refractivity contribution in [2.45, 2.75) is 50.8 Å².